The second-order valence-electron chi connectivity index (χ2n) is 10.4. The van der Waals surface area contributed by atoms with E-state index in [1.807, 2.05) is 68.3 Å². The minimum Gasteiger partial charge on any atom is -0.454 e. The van der Waals surface area contributed by atoms with Gasteiger partial charge in [-0.3, -0.25) is 19.3 Å². The fourth-order valence-electron chi connectivity index (χ4n) is 5.74. The van der Waals surface area contributed by atoms with Gasteiger partial charge in [0.1, 0.15) is 6.04 Å². The average Bonchev–Trinajstić information content (AvgIpc) is 3.48. The van der Waals surface area contributed by atoms with Crippen LogP contribution >= 0.6 is 0 Å². The lowest BCUT2D eigenvalue weighted by Crippen LogP contribution is -2.47. The van der Waals surface area contributed by atoms with E-state index in [0.717, 1.165) is 16.7 Å². The van der Waals surface area contributed by atoms with Crippen molar-refractivity contribution in [3.05, 3.63) is 65.4 Å². The standard InChI is InChI=1S/C27H26N2O5/c1-27(2,3)24(30)23-21-20(22-17-7-5-4-6-16(17)10-11-28(22)23)25(31)29(26(21)32)13-15-8-9-18-19(12-15)34-14-33-18/h4-12,20-23H,13-14H2,1-3H3/t20-,21+,22-,23-/m0/s1. The van der Waals surface area contributed by atoms with Crippen molar-refractivity contribution < 1.29 is 23.9 Å². The molecular weight excluding hydrogens is 432 g/mol. The van der Waals surface area contributed by atoms with Gasteiger partial charge >= 0.3 is 0 Å². The number of Topliss-reactive ketones (excluding diaryl/α,β-unsaturated/α-hetero) is 1. The number of imide groups is 1. The lowest BCUT2D eigenvalue weighted by Gasteiger charge is -2.37. The van der Waals surface area contributed by atoms with E-state index in [1.54, 1.807) is 12.1 Å². The van der Waals surface area contributed by atoms with E-state index in [4.69, 9.17) is 9.47 Å². The smallest absolute Gasteiger partial charge is 0.236 e. The number of likely N-dealkylation sites (tertiary alicyclic amines) is 1. The van der Waals surface area contributed by atoms with Gasteiger partial charge in [-0.05, 0) is 34.9 Å². The number of nitrogens with zero attached hydrogens (tertiary/aromatic N) is 2. The van der Waals surface area contributed by atoms with Gasteiger partial charge in [0.05, 0.1) is 24.4 Å². The molecule has 6 rings (SSSR count). The van der Waals surface area contributed by atoms with E-state index >= 15 is 0 Å². The molecule has 7 nitrogen and oxygen atoms in total. The highest BCUT2D eigenvalue weighted by molar-refractivity contribution is 6.09. The quantitative estimate of drug-likeness (QED) is 0.655. The Morgan fingerprint density at radius 1 is 1.00 bits per heavy atom. The Bertz CT molecular complexity index is 1260. The van der Waals surface area contributed by atoms with Crippen molar-refractivity contribution in [1.29, 1.82) is 0 Å². The second-order valence-corrected chi connectivity index (χ2v) is 10.4. The van der Waals surface area contributed by atoms with Crippen LogP contribution in [0.5, 0.6) is 11.5 Å². The largest absolute Gasteiger partial charge is 0.454 e. The molecule has 0 aromatic heterocycles. The van der Waals surface area contributed by atoms with Gasteiger partial charge in [-0.2, -0.15) is 0 Å². The molecule has 0 saturated carbocycles. The lowest BCUT2D eigenvalue weighted by atomic mass is 9.79. The zero-order chi connectivity index (χ0) is 23.8. The van der Waals surface area contributed by atoms with E-state index in [0.29, 0.717) is 11.5 Å². The van der Waals surface area contributed by atoms with Crippen LogP contribution in [-0.2, 0) is 20.9 Å². The first-order chi connectivity index (χ1) is 16.3. The van der Waals surface area contributed by atoms with Crippen molar-refractivity contribution in [2.45, 2.75) is 39.4 Å². The second kappa shape index (κ2) is 7.19. The third-order valence-electron chi connectivity index (χ3n) is 7.34. The summed E-state index contributed by atoms with van der Waals surface area (Å²) in [6.07, 6.45) is 3.86. The predicted octanol–water partition coefficient (Wildman–Crippen LogP) is 3.54. The third kappa shape index (κ3) is 2.92. The average molecular weight is 459 g/mol. The molecule has 2 amide bonds. The van der Waals surface area contributed by atoms with E-state index in [1.165, 1.54) is 4.90 Å². The summed E-state index contributed by atoms with van der Waals surface area (Å²) in [5, 5.41) is 0. The highest BCUT2D eigenvalue weighted by atomic mass is 16.7. The SMILES string of the molecule is CC(C)(C)C(=O)[C@@H]1[C@@H]2C(=O)N(Cc3ccc4c(c3)OCO4)C(=O)[C@@H]2[C@@H]2c3ccccc3C=CN12. The van der Waals surface area contributed by atoms with E-state index < -0.39 is 23.3 Å². The molecule has 0 aliphatic carbocycles. The summed E-state index contributed by atoms with van der Waals surface area (Å²) in [7, 11) is 0. The Labute approximate surface area is 197 Å². The number of carbonyl (C=O) groups excluding carboxylic acids is 3. The molecule has 34 heavy (non-hydrogen) atoms. The van der Waals surface area contributed by atoms with Crippen LogP contribution < -0.4 is 9.47 Å². The van der Waals surface area contributed by atoms with Gasteiger partial charge in [-0.15, -0.1) is 0 Å². The molecule has 2 saturated heterocycles. The molecule has 0 radical (unpaired) electrons. The van der Waals surface area contributed by atoms with Crippen molar-refractivity contribution in [2.75, 3.05) is 6.79 Å². The number of hydrogen-bond acceptors (Lipinski definition) is 6. The first kappa shape index (κ1) is 21.0. The number of ketones is 1. The Morgan fingerprint density at radius 3 is 2.53 bits per heavy atom. The van der Waals surface area contributed by atoms with Crippen molar-refractivity contribution in [1.82, 2.24) is 9.80 Å². The minimum absolute atomic E-state index is 0.0277. The van der Waals surface area contributed by atoms with Crippen molar-refractivity contribution in [3.8, 4) is 11.5 Å². The Balaban J connectivity index is 1.41. The fraction of sp³-hybridized carbons (Fsp3) is 0.370. The highest BCUT2D eigenvalue weighted by Gasteiger charge is 2.64. The van der Waals surface area contributed by atoms with Gasteiger partial charge in [-0.1, -0.05) is 51.1 Å². The molecule has 0 bridgehead atoms. The Hall–Kier alpha value is -3.61. The zero-order valence-corrected chi connectivity index (χ0v) is 19.4. The zero-order valence-electron chi connectivity index (χ0n) is 19.4. The van der Waals surface area contributed by atoms with Crippen LogP contribution in [0.25, 0.3) is 6.08 Å². The molecular formula is C27H26N2O5. The van der Waals surface area contributed by atoms with Gasteiger partial charge in [0.15, 0.2) is 17.3 Å². The molecule has 4 aliphatic heterocycles. The summed E-state index contributed by atoms with van der Waals surface area (Å²) in [5.41, 5.74) is 2.13. The Morgan fingerprint density at radius 2 is 1.74 bits per heavy atom. The maximum atomic E-state index is 13.8. The summed E-state index contributed by atoms with van der Waals surface area (Å²) in [6.45, 7) is 5.90. The van der Waals surface area contributed by atoms with Crippen molar-refractivity contribution in [3.63, 3.8) is 0 Å². The summed E-state index contributed by atoms with van der Waals surface area (Å²) in [6, 6.07) is 12.3. The maximum absolute atomic E-state index is 13.8. The van der Waals surface area contributed by atoms with Gasteiger partial charge in [-0.25, -0.2) is 0 Å². The lowest BCUT2D eigenvalue weighted by molar-refractivity contribution is -0.144. The molecule has 7 heteroatoms. The van der Waals surface area contributed by atoms with Crippen LogP contribution in [0.4, 0.5) is 0 Å². The summed E-state index contributed by atoms with van der Waals surface area (Å²) in [4.78, 5) is 44.5. The van der Waals surface area contributed by atoms with Crippen LogP contribution in [0, 0.1) is 17.3 Å². The first-order valence-corrected chi connectivity index (χ1v) is 11.6. The van der Waals surface area contributed by atoms with Crippen LogP contribution in [-0.4, -0.2) is 40.2 Å². The number of fused-ring (bicyclic) bond motifs is 6. The molecule has 4 aliphatic rings. The number of ether oxygens (including phenoxy) is 2. The van der Waals surface area contributed by atoms with Crippen LogP contribution in [0.3, 0.4) is 0 Å². The van der Waals surface area contributed by atoms with Gasteiger partial charge < -0.3 is 14.4 Å². The molecule has 174 valence electrons. The molecule has 2 aromatic carbocycles. The minimum atomic E-state index is -0.714. The molecule has 2 fully saturated rings. The Kier molecular flexibility index (Phi) is 4.43. The van der Waals surface area contributed by atoms with Crippen molar-refractivity contribution >= 4 is 23.7 Å². The number of amides is 2. The van der Waals surface area contributed by atoms with E-state index in [-0.39, 0.29) is 37.0 Å². The fourth-order valence-corrected chi connectivity index (χ4v) is 5.74. The molecule has 4 atom stereocenters. The normalized spacial score (nSPS) is 26.6. The highest BCUT2D eigenvalue weighted by Crippen LogP contribution is 2.53. The van der Waals surface area contributed by atoms with Crippen LogP contribution in [0.15, 0.2) is 48.7 Å². The van der Waals surface area contributed by atoms with Gasteiger partial charge in [0.2, 0.25) is 18.6 Å². The van der Waals surface area contributed by atoms with Gasteiger partial charge in [0.25, 0.3) is 0 Å². The first-order valence-electron chi connectivity index (χ1n) is 11.6. The number of hydrogen-bond donors (Lipinski definition) is 0. The molecule has 0 N–H and O–H groups in total. The maximum Gasteiger partial charge on any atom is 0.236 e. The molecule has 2 aromatic rings. The molecule has 0 unspecified atom stereocenters. The molecule has 0 spiro atoms. The monoisotopic (exact) mass is 458 g/mol. The van der Waals surface area contributed by atoms with Gasteiger partial charge in [0, 0.05) is 11.6 Å². The van der Waals surface area contributed by atoms with Crippen molar-refractivity contribution in [2.24, 2.45) is 17.3 Å². The van der Waals surface area contributed by atoms with Crippen LogP contribution in [0.2, 0.25) is 0 Å². The topological polar surface area (TPSA) is 76.1 Å². The number of rotatable bonds is 3. The van der Waals surface area contributed by atoms with E-state index in [2.05, 4.69) is 0 Å². The number of benzene rings is 2. The van der Waals surface area contributed by atoms with Crippen LogP contribution in [0.1, 0.15) is 43.5 Å². The molecule has 4 heterocycles. The summed E-state index contributed by atoms with van der Waals surface area (Å²) >= 11 is 0. The van der Waals surface area contributed by atoms with E-state index in [9.17, 15) is 14.4 Å². The third-order valence-corrected chi connectivity index (χ3v) is 7.34. The summed E-state index contributed by atoms with van der Waals surface area (Å²) in [5.74, 6) is -0.600. The predicted molar refractivity (Wildman–Crippen MR) is 123 cm³/mol. The summed E-state index contributed by atoms with van der Waals surface area (Å²) < 4.78 is 10.8. The number of carbonyl (C=O) groups is 3.